The summed E-state index contributed by atoms with van der Waals surface area (Å²) in [7, 11) is 0. The molecular formula is C15H16Br2O2. The first-order chi connectivity index (χ1) is 9.06. The average molecular weight is 388 g/mol. The molecule has 0 aromatic heterocycles. The lowest BCUT2D eigenvalue weighted by Crippen LogP contribution is -2.47. The highest BCUT2D eigenvalue weighted by molar-refractivity contribution is 9.13. The Labute approximate surface area is 130 Å². The Kier molecular flexibility index (Phi) is 2.63. The Morgan fingerprint density at radius 3 is 2.89 bits per heavy atom. The van der Waals surface area contributed by atoms with Gasteiger partial charge in [-0.05, 0) is 12.5 Å². The van der Waals surface area contributed by atoms with Crippen LogP contribution < -0.4 is 0 Å². The average Bonchev–Trinajstić information content (AvgIpc) is 3.03. The van der Waals surface area contributed by atoms with E-state index in [1.165, 1.54) is 0 Å². The Balaban J connectivity index is 1.85. The minimum Gasteiger partial charge on any atom is -0.371 e. The van der Waals surface area contributed by atoms with E-state index in [9.17, 15) is 0 Å². The first-order valence-corrected chi connectivity index (χ1v) is 8.49. The van der Waals surface area contributed by atoms with Gasteiger partial charge in [-0.1, -0.05) is 50.8 Å². The van der Waals surface area contributed by atoms with Crippen LogP contribution >= 0.6 is 31.9 Å². The molecule has 0 aromatic rings. The summed E-state index contributed by atoms with van der Waals surface area (Å²) in [6, 6.07) is 0. The summed E-state index contributed by atoms with van der Waals surface area (Å²) >= 11 is 7.95. The molecular weight excluding hydrogens is 372 g/mol. The molecule has 0 spiro atoms. The lowest BCUT2D eigenvalue weighted by atomic mass is 9.77. The minimum absolute atomic E-state index is 0.0991. The quantitative estimate of drug-likeness (QED) is 0.534. The number of fused-ring (bicyclic) bond motifs is 2. The molecule has 3 aliphatic heterocycles. The van der Waals surface area contributed by atoms with Gasteiger partial charge < -0.3 is 9.47 Å². The number of ether oxygens (including phenoxy) is 2. The summed E-state index contributed by atoms with van der Waals surface area (Å²) in [6.45, 7) is 2.21. The topological polar surface area (TPSA) is 18.5 Å². The van der Waals surface area contributed by atoms with Crippen LogP contribution in [0, 0.1) is 30.1 Å². The standard InChI is InChI=1S/C15H16Br2O2/c1-3-5-6-8-11-9-7-10-13(18-9)12(11)15(17,19-10)14(8,16)4-2/h1,5-6,8-13H,4,7H2,2H3/b6-5-/t8-,9?,10?,11+,12+,13?,14-,15-/m1/s1. The molecule has 4 heteroatoms. The Hall–Kier alpha value is 0.180. The molecule has 4 aliphatic rings. The van der Waals surface area contributed by atoms with Gasteiger partial charge in [-0.25, -0.2) is 0 Å². The van der Waals surface area contributed by atoms with Crippen LogP contribution in [-0.4, -0.2) is 27.1 Å². The van der Waals surface area contributed by atoms with Crippen molar-refractivity contribution in [2.45, 2.75) is 46.9 Å². The SMILES string of the molecule is C#C/C=C\[C@@H]1[C@H]2C3CC4O[C@](Br)([C@@H]2C4O3)[C@@]1(Br)CC. The van der Waals surface area contributed by atoms with Crippen molar-refractivity contribution in [3.63, 3.8) is 0 Å². The monoisotopic (exact) mass is 386 g/mol. The number of rotatable bonds is 2. The smallest absolute Gasteiger partial charge is 0.144 e. The van der Waals surface area contributed by atoms with E-state index < -0.39 is 0 Å². The van der Waals surface area contributed by atoms with E-state index in [4.69, 9.17) is 15.9 Å². The molecule has 0 radical (unpaired) electrons. The summed E-state index contributed by atoms with van der Waals surface area (Å²) in [6.07, 6.45) is 12.3. The van der Waals surface area contributed by atoms with Gasteiger partial charge in [-0.3, -0.25) is 0 Å². The van der Waals surface area contributed by atoms with Crippen molar-refractivity contribution in [3.05, 3.63) is 12.2 Å². The molecule has 8 atom stereocenters. The van der Waals surface area contributed by atoms with Crippen molar-refractivity contribution < 1.29 is 9.47 Å². The summed E-state index contributed by atoms with van der Waals surface area (Å²) in [5.74, 6) is 3.92. The van der Waals surface area contributed by atoms with Gasteiger partial charge in [0, 0.05) is 24.2 Å². The zero-order chi connectivity index (χ0) is 13.4. The van der Waals surface area contributed by atoms with Crippen LogP contribution in [-0.2, 0) is 9.47 Å². The lowest BCUT2D eigenvalue weighted by molar-refractivity contribution is 0.000337. The van der Waals surface area contributed by atoms with Crippen LogP contribution in [0.5, 0.6) is 0 Å². The van der Waals surface area contributed by atoms with E-state index in [-0.39, 0.29) is 21.0 Å². The van der Waals surface area contributed by atoms with Gasteiger partial charge in [-0.2, -0.15) is 0 Å². The number of hydrogen-bond donors (Lipinski definition) is 0. The van der Waals surface area contributed by atoms with E-state index in [2.05, 4.69) is 50.8 Å². The highest BCUT2D eigenvalue weighted by atomic mass is 79.9. The van der Waals surface area contributed by atoms with Gasteiger partial charge in [0.15, 0.2) is 0 Å². The van der Waals surface area contributed by atoms with Gasteiger partial charge >= 0.3 is 0 Å². The third-order valence-corrected chi connectivity index (χ3v) is 9.17. The first-order valence-electron chi connectivity index (χ1n) is 6.90. The summed E-state index contributed by atoms with van der Waals surface area (Å²) in [5.41, 5.74) is 0. The minimum atomic E-state index is -0.316. The largest absolute Gasteiger partial charge is 0.371 e. The molecule has 3 heterocycles. The molecule has 0 aromatic carbocycles. The second-order valence-electron chi connectivity index (χ2n) is 6.05. The molecule has 3 saturated heterocycles. The van der Waals surface area contributed by atoms with E-state index >= 15 is 0 Å². The third kappa shape index (κ3) is 1.27. The Morgan fingerprint density at radius 1 is 1.42 bits per heavy atom. The highest BCUT2D eigenvalue weighted by Gasteiger charge is 2.80. The molecule has 2 nitrogen and oxygen atoms in total. The number of alkyl halides is 2. The molecule has 2 bridgehead atoms. The predicted molar refractivity (Wildman–Crippen MR) is 80.2 cm³/mol. The van der Waals surface area contributed by atoms with Crippen LogP contribution in [0.1, 0.15) is 19.8 Å². The number of halogens is 2. The summed E-state index contributed by atoms with van der Waals surface area (Å²) in [5, 5.41) is 0. The number of allylic oxidation sites excluding steroid dienone is 2. The number of terminal acetylenes is 1. The second-order valence-corrected chi connectivity index (χ2v) is 8.64. The molecule has 4 fully saturated rings. The molecule has 0 amide bonds. The highest BCUT2D eigenvalue weighted by Crippen LogP contribution is 2.73. The van der Waals surface area contributed by atoms with Crippen LogP contribution in [0.2, 0.25) is 0 Å². The zero-order valence-corrected chi connectivity index (χ0v) is 13.9. The van der Waals surface area contributed by atoms with Gasteiger partial charge in [0.2, 0.25) is 0 Å². The van der Waals surface area contributed by atoms with Crippen LogP contribution in [0.4, 0.5) is 0 Å². The van der Waals surface area contributed by atoms with Crippen molar-refractivity contribution in [1.29, 1.82) is 0 Å². The van der Waals surface area contributed by atoms with Crippen LogP contribution in [0.25, 0.3) is 0 Å². The molecule has 4 rings (SSSR count). The molecule has 102 valence electrons. The van der Waals surface area contributed by atoms with Crippen molar-refractivity contribution >= 4 is 31.9 Å². The molecule has 1 aliphatic carbocycles. The lowest BCUT2D eigenvalue weighted by Gasteiger charge is -2.40. The Morgan fingerprint density at radius 2 is 2.21 bits per heavy atom. The van der Waals surface area contributed by atoms with Gasteiger partial charge in [0.1, 0.15) is 4.51 Å². The predicted octanol–water partition coefficient (Wildman–Crippen LogP) is 3.24. The van der Waals surface area contributed by atoms with Crippen molar-refractivity contribution in [1.82, 2.24) is 0 Å². The van der Waals surface area contributed by atoms with Gasteiger partial charge in [0.05, 0.1) is 22.6 Å². The fourth-order valence-electron chi connectivity index (χ4n) is 4.87. The molecule has 0 N–H and O–H groups in total. The maximum Gasteiger partial charge on any atom is 0.144 e. The summed E-state index contributed by atoms with van der Waals surface area (Å²) in [4.78, 5) is 0. The maximum atomic E-state index is 6.39. The summed E-state index contributed by atoms with van der Waals surface area (Å²) < 4.78 is 12.1. The molecule has 3 unspecified atom stereocenters. The van der Waals surface area contributed by atoms with Crippen LogP contribution in [0.3, 0.4) is 0 Å². The molecule has 1 saturated carbocycles. The number of hydrogen-bond acceptors (Lipinski definition) is 2. The van der Waals surface area contributed by atoms with Gasteiger partial charge in [0.25, 0.3) is 0 Å². The van der Waals surface area contributed by atoms with Gasteiger partial charge in [-0.15, -0.1) is 6.42 Å². The first kappa shape index (κ1) is 12.9. The van der Waals surface area contributed by atoms with E-state index in [0.717, 1.165) is 12.8 Å². The molecule has 19 heavy (non-hydrogen) atoms. The third-order valence-electron chi connectivity index (χ3n) is 5.54. The van der Waals surface area contributed by atoms with E-state index in [0.29, 0.717) is 23.9 Å². The fraction of sp³-hybridized carbons (Fsp3) is 0.733. The van der Waals surface area contributed by atoms with Crippen LogP contribution in [0.15, 0.2) is 12.2 Å². The zero-order valence-electron chi connectivity index (χ0n) is 10.7. The Bertz CT molecular complexity index is 497. The maximum absolute atomic E-state index is 6.39. The van der Waals surface area contributed by atoms with Crippen molar-refractivity contribution in [3.8, 4) is 12.3 Å². The van der Waals surface area contributed by atoms with Crippen molar-refractivity contribution in [2.24, 2.45) is 17.8 Å². The van der Waals surface area contributed by atoms with Crippen molar-refractivity contribution in [2.75, 3.05) is 0 Å². The van der Waals surface area contributed by atoms with E-state index in [1.807, 2.05) is 6.08 Å². The second kappa shape index (κ2) is 3.88. The normalized spacial score (nSPS) is 61.2. The fourth-order valence-corrected chi connectivity index (χ4v) is 7.04. The van der Waals surface area contributed by atoms with E-state index in [1.54, 1.807) is 0 Å².